The number of benzene rings is 2. The second-order valence-electron chi connectivity index (χ2n) is 9.26. The van der Waals surface area contributed by atoms with Gasteiger partial charge in [0.1, 0.15) is 11.5 Å². The van der Waals surface area contributed by atoms with Crippen molar-refractivity contribution in [3.05, 3.63) is 54.6 Å². The van der Waals surface area contributed by atoms with Crippen LogP contribution in [0.5, 0.6) is 11.5 Å². The van der Waals surface area contributed by atoms with E-state index in [-0.39, 0.29) is 5.91 Å². The van der Waals surface area contributed by atoms with Crippen molar-refractivity contribution in [3.8, 4) is 11.5 Å². The minimum atomic E-state index is -0.0120. The average molecular weight is 467 g/mol. The molecular formula is C30H46N2O2. The third-order valence-corrected chi connectivity index (χ3v) is 6.11. The summed E-state index contributed by atoms with van der Waals surface area (Å²) in [5.74, 6) is 1.54. The van der Waals surface area contributed by atoms with Gasteiger partial charge in [-0.3, -0.25) is 4.79 Å². The van der Waals surface area contributed by atoms with Crippen molar-refractivity contribution in [2.24, 2.45) is 0 Å². The maximum atomic E-state index is 12.1. The number of amides is 1. The molecule has 0 spiro atoms. The van der Waals surface area contributed by atoms with Crippen LogP contribution in [0.4, 0.5) is 5.69 Å². The summed E-state index contributed by atoms with van der Waals surface area (Å²) in [5.41, 5.74) is 0.781. The molecule has 0 bridgehead atoms. The summed E-state index contributed by atoms with van der Waals surface area (Å²) in [6, 6.07) is 17.1. The van der Waals surface area contributed by atoms with Gasteiger partial charge in [-0.05, 0) is 49.4 Å². The molecule has 0 unspecified atom stereocenters. The van der Waals surface area contributed by atoms with E-state index in [1.807, 2.05) is 54.6 Å². The molecule has 0 aliphatic carbocycles. The quantitative estimate of drug-likeness (QED) is 0.192. The molecule has 0 atom stereocenters. The standard InChI is InChI=1S/C30H46N2O2/c1-2-3-4-5-6-7-8-9-10-11-12-13-14-18-25-31-26-30(33)32-27-21-23-29(24-22-27)34-28-19-16-15-17-20-28/h15-17,19-24,31H,2-14,18,25-26H2,1H3,(H,32,33). The first-order valence-corrected chi connectivity index (χ1v) is 13.6. The molecule has 0 heterocycles. The Kier molecular flexibility index (Phi) is 15.6. The van der Waals surface area contributed by atoms with Crippen molar-refractivity contribution < 1.29 is 9.53 Å². The Morgan fingerprint density at radius 3 is 1.71 bits per heavy atom. The molecule has 0 saturated heterocycles. The van der Waals surface area contributed by atoms with Gasteiger partial charge in [0.25, 0.3) is 0 Å². The highest BCUT2D eigenvalue weighted by atomic mass is 16.5. The number of hydrogen-bond donors (Lipinski definition) is 2. The van der Waals surface area contributed by atoms with Gasteiger partial charge in [0, 0.05) is 5.69 Å². The van der Waals surface area contributed by atoms with Crippen LogP contribution in [-0.2, 0) is 4.79 Å². The maximum Gasteiger partial charge on any atom is 0.238 e. The van der Waals surface area contributed by atoms with E-state index in [1.54, 1.807) is 0 Å². The average Bonchev–Trinajstić information content (AvgIpc) is 2.85. The second kappa shape index (κ2) is 19.0. The minimum absolute atomic E-state index is 0.0120. The van der Waals surface area contributed by atoms with Gasteiger partial charge in [0.15, 0.2) is 0 Å². The molecule has 2 rings (SSSR count). The smallest absolute Gasteiger partial charge is 0.238 e. The van der Waals surface area contributed by atoms with Crippen LogP contribution >= 0.6 is 0 Å². The number of carbonyl (C=O) groups excluding carboxylic acids is 1. The SMILES string of the molecule is CCCCCCCCCCCCCCCCNCC(=O)Nc1ccc(Oc2ccccc2)cc1. The zero-order valence-electron chi connectivity index (χ0n) is 21.3. The van der Waals surface area contributed by atoms with Gasteiger partial charge < -0.3 is 15.4 Å². The van der Waals surface area contributed by atoms with Crippen LogP contribution in [0.2, 0.25) is 0 Å². The van der Waals surface area contributed by atoms with Crippen LogP contribution in [0, 0.1) is 0 Å². The van der Waals surface area contributed by atoms with Crippen molar-refractivity contribution >= 4 is 11.6 Å². The molecule has 2 aromatic rings. The molecule has 0 radical (unpaired) electrons. The summed E-state index contributed by atoms with van der Waals surface area (Å²) < 4.78 is 5.78. The molecule has 0 aliphatic heterocycles. The number of ether oxygens (including phenoxy) is 1. The minimum Gasteiger partial charge on any atom is -0.457 e. The highest BCUT2D eigenvalue weighted by Gasteiger charge is 2.03. The molecule has 34 heavy (non-hydrogen) atoms. The molecule has 188 valence electrons. The van der Waals surface area contributed by atoms with E-state index >= 15 is 0 Å². The lowest BCUT2D eigenvalue weighted by Gasteiger charge is -2.09. The van der Waals surface area contributed by atoms with E-state index in [1.165, 1.54) is 83.5 Å². The molecule has 0 aromatic heterocycles. The molecule has 2 N–H and O–H groups in total. The highest BCUT2D eigenvalue weighted by Crippen LogP contribution is 2.22. The van der Waals surface area contributed by atoms with Crippen LogP contribution in [-0.4, -0.2) is 19.0 Å². The fourth-order valence-electron chi connectivity index (χ4n) is 4.08. The largest absolute Gasteiger partial charge is 0.457 e. The van der Waals surface area contributed by atoms with Crippen LogP contribution in [0.3, 0.4) is 0 Å². The molecule has 2 aromatic carbocycles. The lowest BCUT2D eigenvalue weighted by molar-refractivity contribution is -0.115. The molecule has 1 amide bonds. The number of hydrogen-bond acceptors (Lipinski definition) is 3. The van der Waals surface area contributed by atoms with Gasteiger partial charge in [-0.1, -0.05) is 109 Å². The van der Waals surface area contributed by atoms with Crippen molar-refractivity contribution in [2.75, 3.05) is 18.4 Å². The van der Waals surface area contributed by atoms with Gasteiger partial charge in [0.2, 0.25) is 5.91 Å². The first-order chi connectivity index (χ1) is 16.8. The van der Waals surface area contributed by atoms with E-state index < -0.39 is 0 Å². The van der Waals surface area contributed by atoms with E-state index in [0.717, 1.165) is 30.2 Å². The lowest BCUT2D eigenvalue weighted by Crippen LogP contribution is -2.28. The summed E-state index contributed by atoms with van der Waals surface area (Å²) in [7, 11) is 0. The zero-order chi connectivity index (χ0) is 24.1. The Morgan fingerprint density at radius 2 is 1.15 bits per heavy atom. The number of rotatable bonds is 20. The fourth-order valence-corrected chi connectivity index (χ4v) is 4.08. The summed E-state index contributed by atoms with van der Waals surface area (Å²) in [5, 5.41) is 6.18. The van der Waals surface area contributed by atoms with Crippen LogP contribution in [0.1, 0.15) is 96.8 Å². The number of anilines is 1. The summed E-state index contributed by atoms with van der Waals surface area (Å²) in [4.78, 5) is 12.1. The fraction of sp³-hybridized carbons (Fsp3) is 0.567. The molecule has 4 nitrogen and oxygen atoms in total. The van der Waals surface area contributed by atoms with Crippen LogP contribution in [0.15, 0.2) is 54.6 Å². The predicted molar refractivity (Wildman–Crippen MR) is 145 cm³/mol. The number of carbonyl (C=O) groups is 1. The van der Waals surface area contributed by atoms with E-state index in [0.29, 0.717) is 6.54 Å². The molecular weight excluding hydrogens is 420 g/mol. The summed E-state index contributed by atoms with van der Waals surface area (Å²) in [6.45, 7) is 3.52. The van der Waals surface area contributed by atoms with Crippen molar-refractivity contribution in [2.45, 2.75) is 96.8 Å². The normalized spacial score (nSPS) is 10.9. The Balaban J connectivity index is 1.38. The first-order valence-electron chi connectivity index (χ1n) is 13.6. The van der Waals surface area contributed by atoms with E-state index in [2.05, 4.69) is 17.6 Å². The Labute approximate surface area is 207 Å². The summed E-state index contributed by atoms with van der Waals surface area (Å²) in [6.07, 6.45) is 19.1. The lowest BCUT2D eigenvalue weighted by atomic mass is 10.0. The van der Waals surface area contributed by atoms with Crippen molar-refractivity contribution in [1.82, 2.24) is 5.32 Å². The predicted octanol–water partition coefficient (Wildman–Crippen LogP) is 8.49. The van der Waals surface area contributed by atoms with E-state index in [4.69, 9.17) is 4.74 Å². The van der Waals surface area contributed by atoms with Gasteiger partial charge in [-0.15, -0.1) is 0 Å². The molecule has 0 saturated carbocycles. The van der Waals surface area contributed by atoms with Crippen molar-refractivity contribution in [3.63, 3.8) is 0 Å². The zero-order valence-corrected chi connectivity index (χ0v) is 21.3. The van der Waals surface area contributed by atoms with Gasteiger partial charge in [-0.2, -0.15) is 0 Å². The van der Waals surface area contributed by atoms with Crippen LogP contribution < -0.4 is 15.4 Å². The van der Waals surface area contributed by atoms with Crippen LogP contribution in [0.25, 0.3) is 0 Å². The number of nitrogens with one attached hydrogen (secondary N) is 2. The topological polar surface area (TPSA) is 50.4 Å². The molecule has 4 heteroatoms. The van der Waals surface area contributed by atoms with Gasteiger partial charge in [-0.25, -0.2) is 0 Å². The Bertz CT molecular complexity index is 746. The Morgan fingerprint density at radius 1 is 0.647 bits per heavy atom. The van der Waals surface area contributed by atoms with E-state index in [9.17, 15) is 4.79 Å². The first kappa shape index (κ1) is 27.9. The van der Waals surface area contributed by atoms with Gasteiger partial charge in [0.05, 0.1) is 6.54 Å². The molecule has 0 fully saturated rings. The Hall–Kier alpha value is -2.33. The summed E-state index contributed by atoms with van der Waals surface area (Å²) >= 11 is 0. The molecule has 0 aliphatic rings. The van der Waals surface area contributed by atoms with Crippen molar-refractivity contribution in [1.29, 1.82) is 0 Å². The third-order valence-electron chi connectivity index (χ3n) is 6.11. The number of para-hydroxylation sites is 1. The monoisotopic (exact) mass is 466 g/mol. The maximum absolute atomic E-state index is 12.1. The third kappa shape index (κ3) is 14.0. The second-order valence-corrected chi connectivity index (χ2v) is 9.26. The number of unbranched alkanes of at least 4 members (excludes halogenated alkanes) is 13. The van der Waals surface area contributed by atoms with Gasteiger partial charge >= 0.3 is 0 Å². The highest BCUT2D eigenvalue weighted by molar-refractivity contribution is 5.92.